The van der Waals surface area contributed by atoms with Crippen LogP contribution >= 0.6 is 0 Å². The van der Waals surface area contributed by atoms with E-state index in [0.29, 0.717) is 19.5 Å². The molecule has 1 fully saturated rings. The number of ether oxygens (including phenoxy) is 1. The van der Waals surface area contributed by atoms with Crippen molar-refractivity contribution in [1.82, 2.24) is 10.3 Å². The molecular weight excluding hydrogens is 366 g/mol. The molecule has 3 aromatic rings. The molecule has 4 rings (SSSR count). The van der Waals surface area contributed by atoms with E-state index in [-0.39, 0.29) is 24.2 Å². The summed E-state index contributed by atoms with van der Waals surface area (Å²) in [4.78, 5) is 29.9. The van der Waals surface area contributed by atoms with Crippen LogP contribution in [0.4, 0.5) is 5.69 Å². The van der Waals surface area contributed by atoms with Crippen LogP contribution in [0, 0.1) is 12.8 Å². The van der Waals surface area contributed by atoms with Crippen molar-refractivity contribution in [3.8, 4) is 5.75 Å². The van der Waals surface area contributed by atoms with Crippen LogP contribution in [0.5, 0.6) is 5.75 Å². The third kappa shape index (κ3) is 3.97. The molecule has 0 saturated carbocycles. The molecule has 2 amide bonds. The minimum Gasteiger partial charge on any atom is -0.497 e. The maximum atomic E-state index is 12.6. The smallest absolute Gasteiger partial charge is 0.227 e. The standard InChI is InChI=1S/C23H25N3O3/c1-15-3-5-18(6-4-15)26-14-17(11-22(26)27)23(28)24-10-9-16-13-25-21-8-7-19(29-2)12-20(16)21/h3-8,12-13,17,25H,9-11,14H2,1-2H3,(H,24,28)/t17-/m0/s1. The van der Waals surface area contributed by atoms with Gasteiger partial charge in [-0.2, -0.15) is 0 Å². The second-order valence-electron chi connectivity index (χ2n) is 7.51. The largest absolute Gasteiger partial charge is 0.497 e. The summed E-state index contributed by atoms with van der Waals surface area (Å²) in [6.07, 6.45) is 2.93. The number of benzene rings is 2. The fraction of sp³-hybridized carbons (Fsp3) is 0.304. The van der Waals surface area contributed by atoms with Crippen LogP contribution in [0.2, 0.25) is 0 Å². The highest BCUT2D eigenvalue weighted by Crippen LogP contribution is 2.26. The lowest BCUT2D eigenvalue weighted by atomic mass is 10.1. The van der Waals surface area contributed by atoms with Crippen molar-refractivity contribution in [3.05, 3.63) is 59.8 Å². The molecule has 1 aliphatic heterocycles. The Bertz CT molecular complexity index is 1040. The van der Waals surface area contributed by atoms with Crippen LogP contribution in [0.15, 0.2) is 48.7 Å². The van der Waals surface area contributed by atoms with Gasteiger partial charge in [0.2, 0.25) is 11.8 Å². The van der Waals surface area contributed by atoms with Gasteiger partial charge in [0.1, 0.15) is 5.75 Å². The molecule has 1 atom stereocenters. The molecule has 29 heavy (non-hydrogen) atoms. The SMILES string of the molecule is COc1ccc2[nH]cc(CCNC(=O)[C@H]3CC(=O)N(c4ccc(C)cc4)C3)c2c1. The molecule has 150 valence electrons. The van der Waals surface area contributed by atoms with Gasteiger partial charge < -0.3 is 19.9 Å². The first-order valence-electron chi connectivity index (χ1n) is 9.84. The van der Waals surface area contributed by atoms with E-state index in [2.05, 4.69) is 10.3 Å². The summed E-state index contributed by atoms with van der Waals surface area (Å²) in [5, 5.41) is 4.09. The number of nitrogens with zero attached hydrogens (tertiary/aromatic N) is 1. The van der Waals surface area contributed by atoms with Crippen molar-refractivity contribution >= 4 is 28.4 Å². The van der Waals surface area contributed by atoms with Gasteiger partial charge in [-0.3, -0.25) is 9.59 Å². The van der Waals surface area contributed by atoms with Crippen molar-refractivity contribution < 1.29 is 14.3 Å². The molecule has 6 heteroatoms. The second kappa shape index (κ2) is 7.99. The molecule has 1 saturated heterocycles. The van der Waals surface area contributed by atoms with Gasteiger partial charge in [0.25, 0.3) is 0 Å². The first-order chi connectivity index (χ1) is 14.0. The lowest BCUT2D eigenvalue weighted by Crippen LogP contribution is -2.34. The summed E-state index contributed by atoms with van der Waals surface area (Å²) >= 11 is 0. The third-order valence-electron chi connectivity index (χ3n) is 5.51. The van der Waals surface area contributed by atoms with Crippen molar-refractivity contribution in [2.24, 2.45) is 5.92 Å². The molecule has 0 unspecified atom stereocenters. The maximum Gasteiger partial charge on any atom is 0.227 e. The monoisotopic (exact) mass is 391 g/mol. The number of carbonyl (C=O) groups excluding carboxylic acids is 2. The van der Waals surface area contributed by atoms with E-state index in [0.717, 1.165) is 33.5 Å². The maximum absolute atomic E-state index is 12.6. The molecular formula is C23H25N3O3. The zero-order valence-electron chi connectivity index (χ0n) is 16.7. The Morgan fingerprint density at radius 1 is 1.24 bits per heavy atom. The van der Waals surface area contributed by atoms with Crippen molar-refractivity contribution in [2.45, 2.75) is 19.8 Å². The van der Waals surface area contributed by atoms with Gasteiger partial charge in [0, 0.05) is 42.3 Å². The molecule has 2 N–H and O–H groups in total. The van der Waals surface area contributed by atoms with Gasteiger partial charge >= 0.3 is 0 Å². The van der Waals surface area contributed by atoms with Crippen LogP contribution in [0.25, 0.3) is 10.9 Å². The Kier molecular flexibility index (Phi) is 5.25. The highest BCUT2D eigenvalue weighted by molar-refractivity contribution is 6.00. The molecule has 1 aliphatic rings. The number of amides is 2. The normalized spacial score (nSPS) is 16.4. The van der Waals surface area contributed by atoms with E-state index in [4.69, 9.17) is 4.74 Å². The van der Waals surface area contributed by atoms with Crippen molar-refractivity contribution in [3.63, 3.8) is 0 Å². The Balaban J connectivity index is 1.34. The topological polar surface area (TPSA) is 74.4 Å². The summed E-state index contributed by atoms with van der Waals surface area (Å²) in [6.45, 7) is 2.96. The summed E-state index contributed by atoms with van der Waals surface area (Å²) in [6, 6.07) is 13.7. The van der Waals surface area contributed by atoms with Crippen molar-refractivity contribution in [2.75, 3.05) is 25.1 Å². The van der Waals surface area contributed by atoms with Crippen LogP contribution in [-0.2, 0) is 16.0 Å². The summed E-state index contributed by atoms with van der Waals surface area (Å²) in [7, 11) is 1.65. The number of nitrogens with one attached hydrogen (secondary N) is 2. The summed E-state index contributed by atoms with van der Waals surface area (Å²) < 4.78 is 5.30. The molecule has 2 aromatic carbocycles. The number of methoxy groups -OCH3 is 1. The number of hydrogen-bond donors (Lipinski definition) is 2. The lowest BCUT2D eigenvalue weighted by Gasteiger charge is -2.17. The number of H-pyrrole nitrogens is 1. The molecule has 0 aliphatic carbocycles. The zero-order valence-corrected chi connectivity index (χ0v) is 16.7. The molecule has 0 spiro atoms. The van der Waals surface area contributed by atoms with Gasteiger partial charge in [0.05, 0.1) is 13.0 Å². The Morgan fingerprint density at radius 2 is 2.03 bits per heavy atom. The van der Waals surface area contributed by atoms with Crippen LogP contribution < -0.4 is 15.0 Å². The van der Waals surface area contributed by atoms with Gasteiger partial charge in [0.15, 0.2) is 0 Å². The number of aromatic nitrogens is 1. The van der Waals surface area contributed by atoms with E-state index in [1.165, 1.54) is 0 Å². The van der Waals surface area contributed by atoms with Crippen LogP contribution in [0.1, 0.15) is 17.5 Å². The minimum absolute atomic E-state index is 0.00210. The number of aryl methyl sites for hydroxylation is 1. The summed E-state index contributed by atoms with van der Waals surface area (Å²) in [5.74, 6) is 0.429. The number of hydrogen-bond acceptors (Lipinski definition) is 3. The molecule has 2 heterocycles. The Hall–Kier alpha value is -3.28. The Labute approximate surface area is 169 Å². The quantitative estimate of drug-likeness (QED) is 0.678. The molecule has 6 nitrogen and oxygen atoms in total. The third-order valence-corrected chi connectivity index (χ3v) is 5.51. The number of carbonyl (C=O) groups is 2. The van der Waals surface area contributed by atoms with Crippen molar-refractivity contribution in [1.29, 1.82) is 0 Å². The fourth-order valence-electron chi connectivity index (χ4n) is 3.81. The minimum atomic E-state index is -0.313. The van der Waals surface area contributed by atoms with Crippen LogP contribution in [-0.4, -0.2) is 37.0 Å². The van der Waals surface area contributed by atoms with E-state index < -0.39 is 0 Å². The van der Waals surface area contributed by atoms with E-state index in [1.807, 2.05) is 55.6 Å². The average Bonchev–Trinajstić information content (AvgIpc) is 3.32. The number of fused-ring (bicyclic) bond motifs is 1. The predicted molar refractivity (Wildman–Crippen MR) is 113 cm³/mol. The molecule has 0 bridgehead atoms. The number of aromatic amines is 1. The van der Waals surface area contributed by atoms with Gasteiger partial charge in [-0.1, -0.05) is 17.7 Å². The predicted octanol–water partition coefficient (Wildman–Crippen LogP) is 3.20. The van der Waals surface area contributed by atoms with E-state index in [9.17, 15) is 9.59 Å². The molecule has 0 radical (unpaired) electrons. The lowest BCUT2D eigenvalue weighted by molar-refractivity contribution is -0.126. The van der Waals surface area contributed by atoms with Gasteiger partial charge in [-0.15, -0.1) is 0 Å². The zero-order chi connectivity index (χ0) is 20.4. The Morgan fingerprint density at radius 3 is 2.79 bits per heavy atom. The number of anilines is 1. The molecule has 1 aromatic heterocycles. The summed E-state index contributed by atoms with van der Waals surface area (Å²) in [5.41, 5.74) is 4.17. The fourth-order valence-corrected chi connectivity index (χ4v) is 3.81. The van der Waals surface area contributed by atoms with Gasteiger partial charge in [-0.05, 0) is 49.2 Å². The first-order valence-corrected chi connectivity index (χ1v) is 9.84. The second-order valence-corrected chi connectivity index (χ2v) is 7.51. The highest BCUT2D eigenvalue weighted by atomic mass is 16.5. The van der Waals surface area contributed by atoms with E-state index in [1.54, 1.807) is 12.0 Å². The van der Waals surface area contributed by atoms with Gasteiger partial charge in [-0.25, -0.2) is 0 Å². The van der Waals surface area contributed by atoms with Crippen LogP contribution in [0.3, 0.4) is 0 Å². The average molecular weight is 391 g/mol. The highest BCUT2D eigenvalue weighted by Gasteiger charge is 2.34. The number of rotatable bonds is 6. The first kappa shape index (κ1) is 19.1. The van der Waals surface area contributed by atoms with E-state index >= 15 is 0 Å².